The van der Waals surface area contributed by atoms with Crippen LogP contribution in [-0.2, 0) is 23.7 Å². The molecule has 0 aliphatic rings. The molecule has 17 heavy (non-hydrogen) atoms. The monoisotopic (exact) mass is 246 g/mol. The van der Waals surface area contributed by atoms with Gasteiger partial charge < -0.3 is 23.7 Å². The van der Waals surface area contributed by atoms with E-state index in [-0.39, 0.29) is 6.61 Å². The van der Waals surface area contributed by atoms with Crippen molar-refractivity contribution in [3.8, 4) is 0 Å². The van der Waals surface area contributed by atoms with Gasteiger partial charge in [-0.25, -0.2) is 4.79 Å². The number of hydrogen-bond donors (Lipinski definition) is 0. The summed E-state index contributed by atoms with van der Waals surface area (Å²) in [6.45, 7) is 5.36. The highest BCUT2D eigenvalue weighted by atomic mass is 16.7. The molecule has 0 saturated heterocycles. The van der Waals surface area contributed by atoms with Crippen LogP contribution < -0.4 is 0 Å². The molecule has 0 saturated carbocycles. The standard InChI is InChI=1S/C11H18O6/c1-5-8(17-11(13)16-6-2)10(15-4)9(7-12)14-3/h5,7-10H,1,6H2,2-4H3/t8-,9+,10+/m1/s1. The molecule has 0 aromatic heterocycles. The summed E-state index contributed by atoms with van der Waals surface area (Å²) in [7, 11) is 2.74. The Bertz CT molecular complexity index is 252. The molecule has 0 aromatic rings. The summed E-state index contributed by atoms with van der Waals surface area (Å²) in [5.74, 6) is 0. The van der Waals surface area contributed by atoms with E-state index in [2.05, 4.69) is 11.3 Å². The quantitative estimate of drug-likeness (QED) is 0.360. The van der Waals surface area contributed by atoms with E-state index in [0.29, 0.717) is 6.29 Å². The number of carbonyl (C=O) groups is 2. The second-order valence-corrected chi connectivity index (χ2v) is 3.04. The summed E-state index contributed by atoms with van der Waals surface area (Å²) >= 11 is 0. The molecule has 0 radical (unpaired) electrons. The van der Waals surface area contributed by atoms with Crippen LogP contribution in [0.15, 0.2) is 12.7 Å². The molecule has 0 fully saturated rings. The number of ether oxygens (including phenoxy) is 4. The van der Waals surface area contributed by atoms with E-state index in [9.17, 15) is 9.59 Å². The maximum Gasteiger partial charge on any atom is 0.508 e. The van der Waals surface area contributed by atoms with Crippen molar-refractivity contribution in [1.29, 1.82) is 0 Å². The molecule has 0 rings (SSSR count). The molecule has 3 atom stereocenters. The van der Waals surface area contributed by atoms with Gasteiger partial charge in [0.05, 0.1) is 6.61 Å². The van der Waals surface area contributed by atoms with Crippen LogP contribution in [0, 0.1) is 0 Å². The van der Waals surface area contributed by atoms with Crippen LogP contribution in [0.25, 0.3) is 0 Å². The van der Waals surface area contributed by atoms with E-state index in [1.165, 1.54) is 20.3 Å². The van der Waals surface area contributed by atoms with Crippen molar-refractivity contribution in [2.45, 2.75) is 25.2 Å². The van der Waals surface area contributed by atoms with Gasteiger partial charge in [-0.15, -0.1) is 0 Å². The Labute approximate surface area is 100 Å². The predicted molar refractivity (Wildman–Crippen MR) is 59.8 cm³/mol. The maximum atomic E-state index is 11.2. The first kappa shape index (κ1) is 15.6. The zero-order valence-electron chi connectivity index (χ0n) is 10.3. The fraction of sp³-hybridized carbons (Fsp3) is 0.636. The highest BCUT2D eigenvalue weighted by Gasteiger charge is 2.31. The van der Waals surface area contributed by atoms with E-state index < -0.39 is 24.5 Å². The SMILES string of the molecule is C=C[C@@H](OC(=O)OCC)[C@H](OC)[C@H](C=O)OC. The minimum atomic E-state index is -0.850. The third kappa shape index (κ3) is 4.97. The second kappa shape index (κ2) is 8.72. The average Bonchev–Trinajstić information content (AvgIpc) is 2.33. The van der Waals surface area contributed by atoms with Gasteiger partial charge in [0.2, 0.25) is 0 Å². The Balaban J connectivity index is 4.63. The van der Waals surface area contributed by atoms with Crippen molar-refractivity contribution in [1.82, 2.24) is 0 Å². The fourth-order valence-electron chi connectivity index (χ4n) is 1.23. The first-order valence-electron chi connectivity index (χ1n) is 5.11. The summed E-state index contributed by atoms with van der Waals surface area (Å²) in [4.78, 5) is 21.9. The molecule has 0 amide bonds. The van der Waals surface area contributed by atoms with Crippen LogP contribution in [0.4, 0.5) is 4.79 Å². The van der Waals surface area contributed by atoms with Crippen molar-refractivity contribution >= 4 is 12.4 Å². The topological polar surface area (TPSA) is 71.1 Å². The van der Waals surface area contributed by atoms with Crippen molar-refractivity contribution < 1.29 is 28.5 Å². The summed E-state index contributed by atoms with van der Waals surface area (Å²) in [6, 6.07) is 0. The lowest BCUT2D eigenvalue weighted by Crippen LogP contribution is -2.42. The van der Waals surface area contributed by atoms with Gasteiger partial charge in [0.15, 0.2) is 12.4 Å². The summed E-state index contributed by atoms with van der Waals surface area (Å²) < 4.78 is 19.5. The van der Waals surface area contributed by atoms with Gasteiger partial charge in [-0.1, -0.05) is 6.58 Å². The van der Waals surface area contributed by atoms with Crippen LogP contribution >= 0.6 is 0 Å². The Morgan fingerprint density at radius 1 is 1.29 bits per heavy atom. The summed E-state index contributed by atoms with van der Waals surface area (Å²) in [5.41, 5.74) is 0. The Hall–Kier alpha value is -1.40. The molecule has 98 valence electrons. The van der Waals surface area contributed by atoms with E-state index >= 15 is 0 Å². The minimum absolute atomic E-state index is 0.196. The molecule has 0 unspecified atom stereocenters. The van der Waals surface area contributed by atoms with Gasteiger partial charge in [0.25, 0.3) is 0 Å². The first-order chi connectivity index (χ1) is 8.14. The summed E-state index contributed by atoms with van der Waals surface area (Å²) in [6.07, 6.45) is -1.37. The smallest absolute Gasteiger partial charge is 0.435 e. The third-order valence-corrected chi connectivity index (χ3v) is 2.05. The number of carbonyl (C=O) groups excluding carboxylic acids is 2. The van der Waals surface area contributed by atoms with E-state index in [4.69, 9.17) is 14.2 Å². The Morgan fingerprint density at radius 3 is 2.29 bits per heavy atom. The third-order valence-electron chi connectivity index (χ3n) is 2.05. The molecule has 0 heterocycles. The van der Waals surface area contributed by atoms with Gasteiger partial charge in [0.1, 0.15) is 12.2 Å². The number of methoxy groups -OCH3 is 2. The van der Waals surface area contributed by atoms with E-state index in [1.54, 1.807) is 6.92 Å². The lowest BCUT2D eigenvalue weighted by Gasteiger charge is -2.26. The molecule has 0 N–H and O–H groups in total. The zero-order valence-corrected chi connectivity index (χ0v) is 10.3. The van der Waals surface area contributed by atoms with Crippen LogP contribution in [0.3, 0.4) is 0 Å². The molecule has 0 aliphatic heterocycles. The van der Waals surface area contributed by atoms with Gasteiger partial charge in [0, 0.05) is 14.2 Å². The molecular formula is C11H18O6. The predicted octanol–water partition coefficient (Wildman–Crippen LogP) is 0.943. The molecule has 6 nitrogen and oxygen atoms in total. The number of aldehydes is 1. The normalized spacial score (nSPS) is 15.5. The largest absolute Gasteiger partial charge is 0.508 e. The van der Waals surface area contributed by atoms with Gasteiger partial charge in [-0.05, 0) is 13.0 Å². The van der Waals surface area contributed by atoms with Crippen LogP contribution in [0.1, 0.15) is 6.92 Å². The highest BCUT2D eigenvalue weighted by molar-refractivity contribution is 5.61. The molecule has 0 bridgehead atoms. The van der Waals surface area contributed by atoms with E-state index in [0.717, 1.165) is 0 Å². The summed E-state index contributed by atoms with van der Waals surface area (Å²) in [5, 5.41) is 0. The molecule has 0 aliphatic carbocycles. The van der Waals surface area contributed by atoms with E-state index in [1.807, 2.05) is 0 Å². The van der Waals surface area contributed by atoms with Crippen molar-refractivity contribution in [3.63, 3.8) is 0 Å². The van der Waals surface area contributed by atoms with Crippen LogP contribution in [0.2, 0.25) is 0 Å². The average molecular weight is 246 g/mol. The van der Waals surface area contributed by atoms with Gasteiger partial charge >= 0.3 is 6.16 Å². The lowest BCUT2D eigenvalue weighted by atomic mass is 10.1. The highest BCUT2D eigenvalue weighted by Crippen LogP contribution is 2.11. The second-order valence-electron chi connectivity index (χ2n) is 3.04. The fourth-order valence-corrected chi connectivity index (χ4v) is 1.23. The van der Waals surface area contributed by atoms with Crippen molar-refractivity contribution in [3.05, 3.63) is 12.7 Å². The number of hydrogen-bond acceptors (Lipinski definition) is 6. The number of rotatable bonds is 8. The van der Waals surface area contributed by atoms with Crippen molar-refractivity contribution in [2.75, 3.05) is 20.8 Å². The van der Waals surface area contributed by atoms with Gasteiger partial charge in [-0.3, -0.25) is 0 Å². The Kier molecular flexibility index (Phi) is 8.00. The van der Waals surface area contributed by atoms with Crippen LogP contribution in [0.5, 0.6) is 0 Å². The first-order valence-corrected chi connectivity index (χ1v) is 5.11. The van der Waals surface area contributed by atoms with Crippen molar-refractivity contribution in [2.24, 2.45) is 0 Å². The Morgan fingerprint density at radius 2 is 1.94 bits per heavy atom. The molecule has 0 aromatic carbocycles. The minimum Gasteiger partial charge on any atom is -0.435 e. The lowest BCUT2D eigenvalue weighted by molar-refractivity contribution is -0.132. The molecular weight excluding hydrogens is 228 g/mol. The maximum absolute atomic E-state index is 11.2. The van der Waals surface area contributed by atoms with Gasteiger partial charge in [-0.2, -0.15) is 0 Å². The van der Waals surface area contributed by atoms with Crippen LogP contribution in [-0.4, -0.2) is 51.6 Å². The zero-order chi connectivity index (χ0) is 13.3. The molecule has 6 heteroatoms. The molecule has 0 spiro atoms.